The van der Waals surface area contributed by atoms with E-state index in [1.54, 1.807) is 0 Å². The number of halogens is 3. The summed E-state index contributed by atoms with van der Waals surface area (Å²) in [5, 5.41) is 3.27. The summed E-state index contributed by atoms with van der Waals surface area (Å²) in [6.07, 6.45) is -4.31. The highest BCUT2D eigenvalue weighted by Gasteiger charge is 2.32. The predicted octanol–water partition coefficient (Wildman–Crippen LogP) is 4.30. The van der Waals surface area contributed by atoms with Crippen molar-refractivity contribution in [1.29, 1.82) is 0 Å². The Bertz CT molecular complexity index is 653. The van der Waals surface area contributed by atoms with Gasteiger partial charge in [0, 0.05) is 18.8 Å². The number of fused-ring (bicyclic) bond motifs is 1. The minimum Gasteiger partial charge on any atom is -0.383 e. The highest BCUT2D eigenvalue weighted by atomic mass is 19.4. The van der Waals surface area contributed by atoms with Crippen molar-refractivity contribution in [3.8, 4) is 0 Å². The maximum absolute atomic E-state index is 12.9. The van der Waals surface area contributed by atoms with Gasteiger partial charge in [0.15, 0.2) is 0 Å². The number of alkyl halides is 3. The Morgan fingerprint density at radius 3 is 2.50 bits per heavy atom. The molecule has 2 nitrogen and oxygen atoms in total. The second kappa shape index (κ2) is 5.65. The van der Waals surface area contributed by atoms with Crippen LogP contribution in [0, 0.1) is 0 Å². The van der Waals surface area contributed by atoms with Gasteiger partial charge in [-0.1, -0.05) is 30.3 Å². The molecule has 3 rings (SSSR count). The van der Waals surface area contributed by atoms with Crippen LogP contribution < -0.4 is 5.32 Å². The Morgan fingerprint density at radius 1 is 1.09 bits per heavy atom. The molecule has 0 fully saturated rings. The fourth-order valence-corrected chi connectivity index (χ4v) is 2.86. The standard InChI is InChI=1S/C17H17F3N2/c1-22-11-13-9-14(17(18,19)20)7-8-15(13)21-10-16(22)12-5-3-2-4-6-12/h2-9,16,21H,10-11H2,1H3. The molecular formula is C17H17F3N2. The van der Waals surface area contributed by atoms with Crippen molar-refractivity contribution in [2.75, 3.05) is 18.9 Å². The third kappa shape index (κ3) is 2.95. The van der Waals surface area contributed by atoms with Crippen molar-refractivity contribution >= 4 is 5.69 Å². The van der Waals surface area contributed by atoms with Gasteiger partial charge in [-0.2, -0.15) is 13.2 Å². The number of nitrogens with zero attached hydrogens (tertiary/aromatic N) is 1. The lowest BCUT2D eigenvalue weighted by atomic mass is 10.1. The van der Waals surface area contributed by atoms with Crippen LogP contribution in [-0.4, -0.2) is 18.5 Å². The fraction of sp³-hybridized carbons (Fsp3) is 0.294. The second-order valence-corrected chi connectivity index (χ2v) is 5.59. The molecule has 22 heavy (non-hydrogen) atoms. The molecule has 1 atom stereocenters. The number of likely N-dealkylation sites (N-methyl/N-ethyl adjacent to an activating group) is 1. The molecule has 0 radical (unpaired) electrons. The van der Waals surface area contributed by atoms with Crippen LogP contribution in [0.1, 0.15) is 22.7 Å². The van der Waals surface area contributed by atoms with E-state index in [9.17, 15) is 13.2 Å². The number of nitrogens with one attached hydrogen (secondary N) is 1. The zero-order valence-electron chi connectivity index (χ0n) is 12.2. The number of hydrogen-bond donors (Lipinski definition) is 1. The van der Waals surface area contributed by atoms with Gasteiger partial charge in [-0.15, -0.1) is 0 Å². The van der Waals surface area contributed by atoms with Gasteiger partial charge < -0.3 is 5.32 Å². The van der Waals surface area contributed by atoms with E-state index < -0.39 is 11.7 Å². The highest BCUT2D eigenvalue weighted by molar-refractivity contribution is 5.54. The molecule has 0 aromatic heterocycles. The van der Waals surface area contributed by atoms with Gasteiger partial charge in [0.05, 0.1) is 11.6 Å². The number of rotatable bonds is 1. The van der Waals surface area contributed by atoms with E-state index in [0.29, 0.717) is 18.7 Å². The van der Waals surface area contributed by atoms with Crippen molar-refractivity contribution in [2.45, 2.75) is 18.8 Å². The lowest BCUT2D eigenvalue weighted by Gasteiger charge is -2.25. The van der Waals surface area contributed by atoms with E-state index in [1.807, 2.05) is 37.4 Å². The summed E-state index contributed by atoms with van der Waals surface area (Å²) in [6, 6.07) is 14.0. The average molecular weight is 306 g/mol. The summed E-state index contributed by atoms with van der Waals surface area (Å²) >= 11 is 0. The van der Waals surface area contributed by atoms with Gasteiger partial charge >= 0.3 is 6.18 Å². The largest absolute Gasteiger partial charge is 0.416 e. The minimum atomic E-state index is -4.31. The highest BCUT2D eigenvalue weighted by Crippen LogP contribution is 2.34. The molecule has 0 bridgehead atoms. The van der Waals surface area contributed by atoms with Crippen molar-refractivity contribution in [3.05, 3.63) is 65.2 Å². The van der Waals surface area contributed by atoms with Crippen molar-refractivity contribution in [3.63, 3.8) is 0 Å². The maximum Gasteiger partial charge on any atom is 0.416 e. The van der Waals surface area contributed by atoms with E-state index in [1.165, 1.54) is 12.1 Å². The third-order valence-electron chi connectivity index (χ3n) is 4.05. The smallest absolute Gasteiger partial charge is 0.383 e. The van der Waals surface area contributed by atoms with Gasteiger partial charge in [0.1, 0.15) is 0 Å². The molecule has 1 aliphatic rings. The van der Waals surface area contributed by atoms with Crippen molar-refractivity contribution < 1.29 is 13.2 Å². The van der Waals surface area contributed by atoms with Gasteiger partial charge in [-0.3, -0.25) is 4.90 Å². The summed E-state index contributed by atoms with van der Waals surface area (Å²) in [7, 11) is 1.94. The summed E-state index contributed by atoms with van der Waals surface area (Å²) in [5.41, 5.74) is 2.01. The van der Waals surface area contributed by atoms with E-state index in [0.717, 1.165) is 17.3 Å². The fourth-order valence-electron chi connectivity index (χ4n) is 2.86. The molecular weight excluding hydrogens is 289 g/mol. The molecule has 0 saturated heterocycles. The molecule has 0 saturated carbocycles. The Balaban J connectivity index is 1.90. The Labute approximate surface area is 127 Å². The monoisotopic (exact) mass is 306 g/mol. The van der Waals surface area contributed by atoms with Crippen LogP contribution in [0.4, 0.5) is 18.9 Å². The lowest BCUT2D eigenvalue weighted by molar-refractivity contribution is -0.137. The molecule has 116 valence electrons. The first-order valence-corrected chi connectivity index (χ1v) is 7.14. The normalized spacial score (nSPS) is 19.2. The molecule has 1 unspecified atom stereocenters. The first-order valence-electron chi connectivity index (χ1n) is 7.14. The van der Waals surface area contributed by atoms with Crippen LogP contribution in [0.15, 0.2) is 48.5 Å². The van der Waals surface area contributed by atoms with Gasteiger partial charge in [0.2, 0.25) is 0 Å². The molecule has 0 amide bonds. The maximum atomic E-state index is 12.9. The Hall–Kier alpha value is -2.01. The number of benzene rings is 2. The summed E-state index contributed by atoms with van der Waals surface area (Å²) in [5.74, 6) is 0. The van der Waals surface area contributed by atoms with Gasteiger partial charge in [-0.25, -0.2) is 0 Å². The summed E-state index contributed by atoms with van der Waals surface area (Å²) < 4.78 is 38.6. The van der Waals surface area contributed by atoms with E-state index in [4.69, 9.17) is 0 Å². The molecule has 2 aromatic rings. The summed E-state index contributed by atoms with van der Waals surface area (Å²) in [6.45, 7) is 1.14. The van der Waals surface area contributed by atoms with Crippen LogP contribution in [0.5, 0.6) is 0 Å². The Morgan fingerprint density at radius 2 is 1.82 bits per heavy atom. The van der Waals surface area contributed by atoms with Gasteiger partial charge in [0.25, 0.3) is 0 Å². The van der Waals surface area contributed by atoms with Gasteiger partial charge in [-0.05, 0) is 36.4 Å². The molecule has 0 aliphatic carbocycles. The topological polar surface area (TPSA) is 15.3 Å². The predicted molar refractivity (Wildman–Crippen MR) is 80.6 cm³/mol. The van der Waals surface area contributed by atoms with Crippen LogP contribution in [0.2, 0.25) is 0 Å². The summed E-state index contributed by atoms with van der Waals surface area (Å²) in [4.78, 5) is 2.08. The minimum absolute atomic E-state index is 0.128. The van der Waals surface area contributed by atoms with Crippen molar-refractivity contribution in [1.82, 2.24) is 4.90 Å². The first-order chi connectivity index (χ1) is 10.4. The molecule has 0 spiro atoms. The average Bonchev–Trinajstić information content (AvgIpc) is 2.64. The molecule has 1 heterocycles. The zero-order valence-corrected chi connectivity index (χ0v) is 12.2. The lowest BCUT2D eigenvalue weighted by Crippen LogP contribution is -2.26. The number of hydrogen-bond acceptors (Lipinski definition) is 2. The number of anilines is 1. The van der Waals surface area contributed by atoms with E-state index >= 15 is 0 Å². The molecule has 5 heteroatoms. The van der Waals surface area contributed by atoms with Crippen LogP contribution in [0.3, 0.4) is 0 Å². The van der Waals surface area contributed by atoms with Crippen molar-refractivity contribution in [2.24, 2.45) is 0 Å². The van der Waals surface area contributed by atoms with E-state index in [-0.39, 0.29) is 6.04 Å². The van der Waals surface area contributed by atoms with E-state index in [2.05, 4.69) is 10.2 Å². The third-order valence-corrected chi connectivity index (χ3v) is 4.05. The van der Waals surface area contributed by atoms with Crippen LogP contribution >= 0.6 is 0 Å². The van der Waals surface area contributed by atoms with Crippen LogP contribution in [0.25, 0.3) is 0 Å². The molecule has 2 aromatic carbocycles. The molecule has 1 N–H and O–H groups in total. The quantitative estimate of drug-likeness (QED) is 0.845. The SMILES string of the molecule is CN1Cc2cc(C(F)(F)F)ccc2NCC1c1ccccc1. The molecule has 1 aliphatic heterocycles. The van der Waals surface area contributed by atoms with Crippen LogP contribution in [-0.2, 0) is 12.7 Å². The first kappa shape index (κ1) is 14.9. The Kier molecular flexibility index (Phi) is 3.83. The zero-order chi connectivity index (χ0) is 15.7. The second-order valence-electron chi connectivity index (χ2n) is 5.59.